The van der Waals surface area contributed by atoms with E-state index in [9.17, 15) is 9.18 Å². The summed E-state index contributed by atoms with van der Waals surface area (Å²) in [5.74, 6) is -0.180. The molecule has 0 saturated heterocycles. The van der Waals surface area contributed by atoms with E-state index in [1.54, 1.807) is 12.1 Å². The minimum absolute atomic E-state index is 0.0103. The van der Waals surface area contributed by atoms with Gasteiger partial charge in [-0.15, -0.1) is 0 Å². The van der Waals surface area contributed by atoms with Crippen LogP contribution in [0.5, 0.6) is 5.75 Å². The highest BCUT2D eigenvalue weighted by molar-refractivity contribution is 5.76. The highest BCUT2D eigenvalue weighted by Crippen LogP contribution is 2.20. The first-order valence-corrected chi connectivity index (χ1v) is 8.90. The van der Waals surface area contributed by atoms with Crippen molar-refractivity contribution in [2.75, 3.05) is 20.3 Å². The highest BCUT2D eigenvalue weighted by Gasteiger charge is 2.13. The molecule has 0 aliphatic heterocycles. The van der Waals surface area contributed by atoms with E-state index in [2.05, 4.69) is 5.32 Å². The van der Waals surface area contributed by atoms with Crippen molar-refractivity contribution in [3.8, 4) is 5.75 Å². The monoisotopic (exact) mass is 337 g/mol. The Morgan fingerprint density at radius 2 is 2.08 bits per heavy atom. The van der Waals surface area contributed by atoms with E-state index in [1.807, 2.05) is 0 Å². The molecule has 0 atom stereocenters. The first-order chi connectivity index (χ1) is 11.7. The molecule has 1 aliphatic rings. The van der Waals surface area contributed by atoms with Crippen molar-refractivity contribution in [2.45, 2.75) is 57.5 Å². The second-order valence-electron chi connectivity index (χ2n) is 6.30. The zero-order chi connectivity index (χ0) is 17.2. The molecule has 5 heteroatoms. The van der Waals surface area contributed by atoms with Crippen LogP contribution >= 0.6 is 0 Å². The average Bonchev–Trinajstić information content (AvgIpc) is 2.60. The van der Waals surface area contributed by atoms with E-state index in [0.29, 0.717) is 32.1 Å². The molecule has 1 saturated carbocycles. The van der Waals surface area contributed by atoms with Crippen molar-refractivity contribution in [1.82, 2.24) is 5.32 Å². The fourth-order valence-corrected chi connectivity index (χ4v) is 2.99. The van der Waals surface area contributed by atoms with Gasteiger partial charge in [0.15, 0.2) is 11.6 Å². The van der Waals surface area contributed by atoms with Gasteiger partial charge in [0.25, 0.3) is 0 Å². The molecule has 0 aromatic heterocycles. The molecule has 2 rings (SSSR count). The Kier molecular flexibility index (Phi) is 8.02. The molecule has 1 aromatic rings. The third-order valence-corrected chi connectivity index (χ3v) is 4.41. The molecular formula is C19H28FNO3. The maximum Gasteiger partial charge on any atom is 0.220 e. The van der Waals surface area contributed by atoms with Crippen LogP contribution in [0.3, 0.4) is 0 Å². The highest BCUT2D eigenvalue weighted by atomic mass is 19.1. The van der Waals surface area contributed by atoms with E-state index in [4.69, 9.17) is 9.47 Å². The summed E-state index contributed by atoms with van der Waals surface area (Å²) >= 11 is 0. The van der Waals surface area contributed by atoms with Gasteiger partial charge in [-0.2, -0.15) is 0 Å². The van der Waals surface area contributed by atoms with Crippen molar-refractivity contribution in [1.29, 1.82) is 0 Å². The number of methoxy groups -OCH3 is 1. The van der Waals surface area contributed by atoms with Crippen LogP contribution in [-0.2, 0) is 16.0 Å². The van der Waals surface area contributed by atoms with E-state index in [0.717, 1.165) is 12.0 Å². The maximum absolute atomic E-state index is 13.6. The molecule has 1 aliphatic carbocycles. The minimum atomic E-state index is -0.393. The molecule has 0 radical (unpaired) electrons. The summed E-state index contributed by atoms with van der Waals surface area (Å²) < 4.78 is 24.3. The van der Waals surface area contributed by atoms with Gasteiger partial charge in [0, 0.05) is 19.6 Å². The van der Waals surface area contributed by atoms with Crippen LogP contribution in [0.15, 0.2) is 18.2 Å². The van der Waals surface area contributed by atoms with Crippen molar-refractivity contribution < 1.29 is 18.7 Å². The van der Waals surface area contributed by atoms with E-state index < -0.39 is 5.82 Å². The lowest BCUT2D eigenvalue weighted by Gasteiger charge is -2.21. The lowest BCUT2D eigenvalue weighted by molar-refractivity contribution is -0.121. The van der Waals surface area contributed by atoms with Gasteiger partial charge in [-0.05, 0) is 43.4 Å². The van der Waals surface area contributed by atoms with Gasteiger partial charge >= 0.3 is 0 Å². The fraction of sp³-hybridized carbons (Fsp3) is 0.632. The molecule has 0 bridgehead atoms. The number of amides is 1. The zero-order valence-corrected chi connectivity index (χ0v) is 14.5. The number of rotatable bonds is 9. The van der Waals surface area contributed by atoms with Crippen LogP contribution in [0.4, 0.5) is 4.39 Å². The number of nitrogens with one attached hydrogen (secondary N) is 1. The molecule has 0 unspecified atom stereocenters. The van der Waals surface area contributed by atoms with Crippen molar-refractivity contribution >= 4 is 5.91 Å². The van der Waals surface area contributed by atoms with Crippen LogP contribution < -0.4 is 10.1 Å². The Hall–Kier alpha value is -1.62. The summed E-state index contributed by atoms with van der Waals surface area (Å²) in [7, 11) is 1.43. The largest absolute Gasteiger partial charge is 0.494 e. The van der Waals surface area contributed by atoms with Crippen molar-refractivity contribution in [2.24, 2.45) is 0 Å². The number of hydrogen-bond donors (Lipinski definition) is 1. The molecule has 1 aromatic carbocycles. The predicted molar refractivity (Wildman–Crippen MR) is 91.7 cm³/mol. The van der Waals surface area contributed by atoms with Crippen LogP contribution in [0.1, 0.15) is 50.5 Å². The van der Waals surface area contributed by atoms with Crippen molar-refractivity contribution in [3.63, 3.8) is 0 Å². The van der Waals surface area contributed by atoms with Gasteiger partial charge in [0.05, 0.1) is 13.2 Å². The molecule has 134 valence electrons. The topological polar surface area (TPSA) is 47.6 Å². The lowest BCUT2D eigenvalue weighted by Crippen LogP contribution is -2.26. The number of carbonyl (C=O) groups excluding carboxylic acids is 1. The number of carbonyl (C=O) groups is 1. The minimum Gasteiger partial charge on any atom is -0.494 e. The van der Waals surface area contributed by atoms with Crippen molar-refractivity contribution in [3.05, 3.63) is 29.6 Å². The first-order valence-electron chi connectivity index (χ1n) is 8.90. The Morgan fingerprint density at radius 3 is 2.79 bits per heavy atom. The molecular weight excluding hydrogens is 309 g/mol. The van der Waals surface area contributed by atoms with Crippen LogP contribution in [-0.4, -0.2) is 32.3 Å². The molecule has 0 heterocycles. The Labute approximate surface area is 143 Å². The third-order valence-electron chi connectivity index (χ3n) is 4.41. The maximum atomic E-state index is 13.6. The summed E-state index contributed by atoms with van der Waals surface area (Å²) in [6.45, 7) is 1.33. The number of halogens is 1. The zero-order valence-electron chi connectivity index (χ0n) is 14.5. The lowest BCUT2D eigenvalue weighted by atomic mass is 9.98. The third kappa shape index (κ3) is 6.48. The van der Waals surface area contributed by atoms with E-state index >= 15 is 0 Å². The van der Waals surface area contributed by atoms with Crippen LogP contribution in [0, 0.1) is 5.82 Å². The summed E-state index contributed by atoms with van der Waals surface area (Å²) in [4.78, 5) is 11.8. The average molecular weight is 337 g/mol. The molecule has 0 spiro atoms. The first kappa shape index (κ1) is 18.7. The summed E-state index contributed by atoms with van der Waals surface area (Å²) in [6.07, 6.45) is 8.34. The predicted octanol–water partition coefficient (Wildman–Crippen LogP) is 3.62. The fourth-order valence-electron chi connectivity index (χ4n) is 2.99. The van der Waals surface area contributed by atoms with E-state index in [1.165, 1.54) is 45.3 Å². The van der Waals surface area contributed by atoms with Gasteiger partial charge in [-0.1, -0.05) is 25.3 Å². The van der Waals surface area contributed by atoms with E-state index in [-0.39, 0.29) is 11.7 Å². The number of hydrogen-bond acceptors (Lipinski definition) is 3. The standard InChI is InChI=1S/C19H28FNO3/c1-23-18-10-8-15(14-17(18)20)9-11-19(22)21-12-5-13-24-16-6-3-2-4-7-16/h8,10,14,16H,2-7,9,11-13H2,1H3,(H,21,22). The molecule has 1 N–H and O–H groups in total. The number of aryl methyl sites for hydroxylation is 1. The Morgan fingerprint density at radius 1 is 1.29 bits per heavy atom. The second-order valence-corrected chi connectivity index (χ2v) is 6.30. The summed E-state index contributed by atoms with van der Waals surface area (Å²) in [5.41, 5.74) is 0.795. The second kappa shape index (κ2) is 10.3. The van der Waals surface area contributed by atoms with Crippen LogP contribution in [0.25, 0.3) is 0 Å². The smallest absolute Gasteiger partial charge is 0.220 e. The number of ether oxygens (including phenoxy) is 2. The van der Waals surface area contributed by atoms with Crippen LogP contribution in [0.2, 0.25) is 0 Å². The summed E-state index contributed by atoms with van der Waals surface area (Å²) in [5, 5.41) is 2.89. The van der Waals surface area contributed by atoms with Gasteiger partial charge in [0.1, 0.15) is 0 Å². The molecule has 1 amide bonds. The Bertz CT molecular complexity index is 515. The van der Waals surface area contributed by atoms with Gasteiger partial charge in [0.2, 0.25) is 5.91 Å². The Balaban J connectivity index is 1.55. The SMILES string of the molecule is COc1ccc(CCC(=O)NCCCOC2CCCCC2)cc1F. The van der Waals surface area contributed by atoms with Gasteiger partial charge in [-0.3, -0.25) is 4.79 Å². The molecule has 24 heavy (non-hydrogen) atoms. The normalized spacial score (nSPS) is 15.2. The van der Waals surface area contributed by atoms with Gasteiger partial charge < -0.3 is 14.8 Å². The quantitative estimate of drug-likeness (QED) is 0.700. The molecule has 1 fully saturated rings. The summed E-state index contributed by atoms with van der Waals surface area (Å²) in [6, 6.07) is 4.79. The number of benzene rings is 1. The molecule has 4 nitrogen and oxygen atoms in total. The van der Waals surface area contributed by atoms with Gasteiger partial charge in [-0.25, -0.2) is 4.39 Å².